The van der Waals surface area contributed by atoms with Crippen LogP contribution in [-0.4, -0.2) is 4.75 Å². The van der Waals surface area contributed by atoms with E-state index >= 15 is 0 Å². The van der Waals surface area contributed by atoms with Crippen molar-refractivity contribution in [3.8, 4) is 0 Å². The fraction of sp³-hybridized carbons (Fsp3) is 0.714. The SMILES string of the molecule is C/C=C\SC(C)(C)C. The highest BCUT2D eigenvalue weighted by atomic mass is 32.2. The molecule has 8 heavy (non-hydrogen) atoms. The van der Waals surface area contributed by atoms with E-state index in [2.05, 4.69) is 32.3 Å². The smallest absolute Gasteiger partial charge is 0.0116 e. The number of hydrogen-bond donors (Lipinski definition) is 0. The molecule has 0 aromatic heterocycles. The third-order valence-electron chi connectivity index (χ3n) is 0.558. The molecule has 0 amide bonds. The summed E-state index contributed by atoms with van der Waals surface area (Å²) in [6.07, 6.45) is 2.07. The van der Waals surface area contributed by atoms with Crippen molar-refractivity contribution in [2.24, 2.45) is 0 Å². The quantitative estimate of drug-likeness (QED) is 0.525. The van der Waals surface area contributed by atoms with E-state index in [0.29, 0.717) is 4.75 Å². The molecule has 1 heteroatoms. The van der Waals surface area contributed by atoms with E-state index < -0.39 is 0 Å². The molecule has 0 aliphatic carbocycles. The monoisotopic (exact) mass is 130 g/mol. The Kier molecular flexibility index (Phi) is 3.22. The molecule has 0 saturated carbocycles. The molecule has 0 nitrogen and oxygen atoms in total. The maximum Gasteiger partial charge on any atom is 0.0116 e. The van der Waals surface area contributed by atoms with Gasteiger partial charge in [-0.05, 0) is 12.3 Å². The van der Waals surface area contributed by atoms with Gasteiger partial charge >= 0.3 is 0 Å². The van der Waals surface area contributed by atoms with Gasteiger partial charge in [0.1, 0.15) is 0 Å². The van der Waals surface area contributed by atoms with Crippen LogP contribution in [0.2, 0.25) is 0 Å². The summed E-state index contributed by atoms with van der Waals surface area (Å²) in [4.78, 5) is 0. The Morgan fingerprint density at radius 2 is 1.75 bits per heavy atom. The van der Waals surface area contributed by atoms with E-state index in [9.17, 15) is 0 Å². The van der Waals surface area contributed by atoms with Crippen LogP contribution in [0, 0.1) is 0 Å². The fourth-order valence-electron chi connectivity index (χ4n) is 0.272. The molecule has 0 radical (unpaired) electrons. The summed E-state index contributed by atoms with van der Waals surface area (Å²) in [5.41, 5.74) is 0. The molecule has 0 fully saturated rings. The summed E-state index contributed by atoms with van der Waals surface area (Å²) in [5, 5.41) is 2.12. The first-order valence-corrected chi connectivity index (χ1v) is 3.73. The van der Waals surface area contributed by atoms with Gasteiger partial charge in [-0.3, -0.25) is 0 Å². The lowest BCUT2D eigenvalue weighted by molar-refractivity contribution is 0.807. The van der Waals surface area contributed by atoms with Crippen LogP contribution >= 0.6 is 11.8 Å². The highest BCUT2D eigenvalue weighted by molar-refractivity contribution is 8.03. The van der Waals surface area contributed by atoms with Crippen molar-refractivity contribution in [1.29, 1.82) is 0 Å². The van der Waals surface area contributed by atoms with E-state index in [1.807, 2.05) is 18.7 Å². The van der Waals surface area contributed by atoms with Crippen molar-refractivity contribution in [2.45, 2.75) is 32.4 Å². The van der Waals surface area contributed by atoms with Gasteiger partial charge in [0.15, 0.2) is 0 Å². The lowest BCUT2D eigenvalue weighted by Crippen LogP contribution is -2.04. The van der Waals surface area contributed by atoms with Gasteiger partial charge in [0.25, 0.3) is 0 Å². The van der Waals surface area contributed by atoms with Crippen molar-refractivity contribution >= 4 is 11.8 Å². The average Bonchev–Trinajstić information content (AvgIpc) is 1.59. The second-order valence-electron chi connectivity index (χ2n) is 2.70. The van der Waals surface area contributed by atoms with Gasteiger partial charge in [0.2, 0.25) is 0 Å². The van der Waals surface area contributed by atoms with Crippen LogP contribution < -0.4 is 0 Å². The molecule has 0 aromatic carbocycles. The molecule has 0 unspecified atom stereocenters. The Morgan fingerprint density at radius 1 is 1.25 bits per heavy atom. The number of rotatable bonds is 1. The Labute approximate surface area is 56.4 Å². The summed E-state index contributed by atoms with van der Waals surface area (Å²) in [6.45, 7) is 8.66. The minimum atomic E-state index is 0.381. The average molecular weight is 130 g/mol. The topological polar surface area (TPSA) is 0 Å². The Morgan fingerprint density at radius 3 is 1.88 bits per heavy atom. The zero-order chi connectivity index (χ0) is 6.62. The number of hydrogen-bond acceptors (Lipinski definition) is 1. The molecular formula is C7H14S. The lowest BCUT2D eigenvalue weighted by atomic mass is 10.3. The van der Waals surface area contributed by atoms with Crippen molar-refractivity contribution in [3.05, 3.63) is 11.5 Å². The molecular weight excluding hydrogens is 116 g/mol. The molecule has 0 atom stereocenters. The molecule has 0 aliphatic rings. The molecule has 0 N–H and O–H groups in total. The maximum atomic E-state index is 2.21. The van der Waals surface area contributed by atoms with E-state index in [1.165, 1.54) is 0 Å². The highest BCUT2D eigenvalue weighted by Crippen LogP contribution is 2.23. The summed E-state index contributed by atoms with van der Waals surface area (Å²) >= 11 is 1.85. The van der Waals surface area contributed by atoms with Gasteiger partial charge in [-0.2, -0.15) is 0 Å². The van der Waals surface area contributed by atoms with Gasteiger partial charge in [0.05, 0.1) is 0 Å². The third-order valence-corrected chi connectivity index (χ3v) is 1.67. The van der Waals surface area contributed by atoms with Gasteiger partial charge in [-0.1, -0.05) is 26.8 Å². The second-order valence-corrected chi connectivity index (χ2v) is 4.43. The minimum Gasteiger partial charge on any atom is -0.129 e. The number of allylic oxidation sites excluding steroid dienone is 1. The van der Waals surface area contributed by atoms with Crippen LogP contribution in [0.4, 0.5) is 0 Å². The van der Waals surface area contributed by atoms with Crippen molar-refractivity contribution < 1.29 is 0 Å². The molecule has 0 aromatic rings. The standard InChI is InChI=1S/C7H14S/c1-5-6-8-7(2,3)4/h5-6H,1-4H3/b6-5-. The van der Waals surface area contributed by atoms with Crippen LogP contribution in [0.1, 0.15) is 27.7 Å². The first-order chi connectivity index (χ1) is 3.56. The van der Waals surface area contributed by atoms with Crippen LogP contribution in [0.25, 0.3) is 0 Å². The largest absolute Gasteiger partial charge is 0.129 e. The van der Waals surface area contributed by atoms with Crippen molar-refractivity contribution in [3.63, 3.8) is 0 Å². The molecule has 0 saturated heterocycles. The predicted molar refractivity (Wildman–Crippen MR) is 42.2 cm³/mol. The Bertz CT molecular complexity index is 76.9. The summed E-state index contributed by atoms with van der Waals surface area (Å²) in [5.74, 6) is 0. The van der Waals surface area contributed by atoms with Crippen LogP contribution in [0.3, 0.4) is 0 Å². The van der Waals surface area contributed by atoms with Crippen molar-refractivity contribution in [2.75, 3.05) is 0 Å². The molecule has 0 spiro atoms. The van der Waals surface area contributed by atoms with Gasteiger partial charge < -0.3 is 0 Å². The third kappa shape index (κ3) is 6.09. The first kappa shape index (κ1) is 8.09. The predicted octanol–water partition coefficient (Wildman–Crippen LogP) is 3.05. The van der Waals surface area contributed by atoms with Crippen LogP contribution in [0.15, 0.2) is 11.5 Å². The maximum absolute atomic E-state index is 2.21. The van der Waals surface area contributed by atoms with E-state index in [-0.39, 0.29) is 0 Å². The lowest BCUT2D eigenvalue weighted by Gasteiger charge is -2.13. The molecule has 0 aliphatic heterocycles. The molecule has 0 rings (SSSR count). The Hall–Kier alpha value is 0.0900. The number of thioether (sulfide) groups is 1. The Balaban J connectivity index is 3.39. The van der Waals surface area contributed by atoms with Crippen LogP contribution in [0.5, 0.6) is 0 Å². The zero-order valence-corrected chi connectivity index (χ0v) is 6.88. The zero-order valence-electron chi connectivity index (χ0n) is 6.06. The summed E-state index contributed by atoms with van der Waals surface area (Å²) < 4.78 is 0.381. The molecule has 0 heterocycles. The van der Waals surface area contributed by atoms with E-state index in [4.69, 9.17) is 0 Å². The minimum absolute atomic E-state index is 0.381. The van der Waals surface area contributed by atoms with Gasteiger partial charge in [-0.25, -0.2) is 0 Å². The van der Waals surface area contributed by atoms with E-state index in [0.717, 1.165) is 0 Å². The van der Waals surface area contributed by atoms with Gasteiger partial charge in [0, 0.05) is 4.75 Å². The fourth-order valence-corrected chi connectivity index (χ4v) is 0.816. The summed E-state index contributed by atoms with van der Waals surface area (Å²) in [7, 11) is 0. The second kappa shape index (κ2) is 3.18. The molecule has 0 bridgehead atoms. The highest BCUT2D eigenvalue weighted by Gasteiger charge is 2.06. The normalized spacial score (nSPS) is 13.0. The first-order valence-electron chi connectivity index (χ1n) is 2.85. The van der Waals surface area contributed by atoms with E-state index in [1.54, 1.807) is 0 Å². The molecule has 48 valence electrons. The van der Waals surface area contributed by atoms with Crippen molar-refractivity contribution in [1.82, 2.24) is 0 Å². The van der Waals surface area contributed by atoms with Gasteiger partial charge in [-0.15, -0.1) is 11.8 Å². The van der Waals surface area contributed by atoms with Crippen LogP contribution in [-0.2, 0) is 0 Å². The summed E-state index contributed by atoms with van der Waals surface area (Å²) in [6, 6.07) is 0.